The number of aryl methyl sites for hydroxylation is 1. The van der Waals surface area contributed by atoms with E-state index in [1.807, 2.05) is 6.92 Å². The zero-order chi connectivity index (χ0) is 12.3. The summed E-state index contributed by atoms with van der Waals surface area (Å²) in [6.07, 6.45) is 0. The van der Waals surface area contributed by atoms with Crippen LogP contribution < -0.4 is 10.6 Å². The Balaban J connectivity index is 2.02. The molecule has 1 amide bonds. The minimum absolute atomic E-state index is 0.167. The van der Waals surface area contributed by atoms with Gasteiger partial charge in [-0.2, -0.15) is 11.8 Å². The number of halogens is 1. The van der Waals surface area contributed by atoms with Gasteiger partial charge in [0.15, 0.2) is 0 Å². The van der Waals surface area contributed by atoms with Gasteiger partial charge in [-0.1, -0.05) is 6.07 Å². The van der Waals surface area contributed by atoms with Crippen molar-refractivity contribution >= 4 is 23.4 Å². The summed E-state index contributed by atoms with van der Waals surface area (Å²) in [7, 11) is 0. The standard InChI is InChI=1S/C12H15FN2OS/c1-8-2-3-10(9(13)6-8)15-12(16)11-7-17-5-4-14-11/h2-3,6,11,14H,4-5,7H2,1H3,(H,15,16). The van der Waals surface area contributed by atoms with Crippen LogP contribution >= 0.6 is 11.8 Å². The van der Waals surface area contributed by atoms with Crippen LogP contribution in [0, 0.1) is 12.7 Å². The van der Waals surface area contributed by atoms with Crippen molar-refractivity contribution < 1.29 is 9.18 Å². The molecule has 1 aromatic rings. The summed E-state index contributed by atoms with van der Waals surface area (Å²) in [6, 6.07) is 4.56. The van der Waals surface area contributed by atoms with E-state index in [4.69, 9.17) is 0 Å². The van der Waals surface area contributed by atoms with Crippen LogP contribution in [0.25, 0.3) is 0 Å². The van der Waals surface area contributed by atoms with Crippen LogP contribution in [0.4, 0.5) is 10.1 Å². The molecule has 1 fully saturated rings. The summed E-state index contributed by atoms with van der Waals surface area (Å²) in [5.41, 5.74) is 1.09. The van der Waals surface area contributed by atoms with Crippen LogP contribution in [-0.2, 0) is 4.79 Å². The SMILES string of the molecule is Cc1ccc(NC(=O)C2CSCCN2)c(F)c1. The summed E-state index contributed by atoms with van der Waals surface area (Å²) in [5.74, 6) is 1.20. The number of benzene rings is 1. The Morgan fingerprint density at radius 2 is 2.41 bits per heavy atom. The number of nitrogens with one attached hydrogen (secondary N) is 2. The monoisotopic (exact) mass is 254 g/mol. The molecule has 1 aliphatic rings. The molecule has 1 unspecified atom stereocenters. The van der Waals surface area contributed by atoms with Gasteiger partial charge in [-0.15, -0.1) is 0 Å². The molecule has 0 bridgehead atoms. The van der Waals surface area contributed by atoms with Crippen LogP contribution in [0.15, 0.2) is 18.2 Å². The van der Waals surface area contributed by atoms with Crippen LogP contribution in [0.2, 0.25) is 0 Å². The fourth-order valence-electron chi connectivity index (χ4n) is 1.68. The Labute approximate surface area is 104 Å². The molecule has 1 aliphatic heterocycles. The lowest BCUT2D eigenvalue weighted by atomic mass is 10.2. The molecule has 0 saturated carbocycles. The first-order valence-corrected chi connectivity index (χ1v) is 6.70. The third-order valence-corrected chi connectivity index (χ3v) is 3.68. The second kappa shape index (κ2) is 5.51. The quantitative estimate of drug-likeness (QED) is 0.845. The van der Waals surface area contributed by atoms with Crippen LogP contribution in [0.1, 0.15) is 5.56 Å². The van der Waals surface area contributed by atoms with Gasteiger partial charge in [0.1, 0.15) is 5.82 Å². The van der Waals surface area contributed by atoms with Crippen molar-refractivity contribution in [2.24, 2.45) is 0 Å². The molecule has 5 heteroatoms. The van der Waals surface area contributed by atoms with Crippen molar-refractivity contribution in [1.82, 2.24) is 5.32 Å². The van der Waals surface area contributed by atoms with Gasteiger partial charge in [-0.25, -0.2) is 4.39 Å². The van der Waals surface area contributed by atoms with E-state index >= 15 is 0 Å². The predicted molar refractivity (Wildman–Crippen MR) is 68.9 cm³/mol. The zero-order valence-electron chi connectivity index (χ0n) is 9.63. The van der Waals surface area contributed by atoms with Crippen molar-refractivity contribution in [3.63, 3.8) is 0 Å². The molecule has 17 heavy (non-hydrogen) atoms. The van der Waals surface area contributed by atoms with E-state index in [-0.39, 0.29) is 23.5 Å². The summed E-state index contributed by atoms with van der Waals surface area (Å²) < 4.78 is 13.5. The number of carbonyl (C=O) groups excluding carboxylic acids is 1. The first-order valence-electron chi connectivity index (χ1n) is 5.55. The number of amides is 1. The Morgan fingerprint density at radius 1 is 1.59 bits per heavy atom. The maximum Gasteiger partial charge on any atom is 0.242 e. The van der Waals surface area contributed by atoms with E-state index in [1.165, 1.54) is 6.07 Å². The van der Waals surface area contributed by atoms with Gasteiger partial charge in [0, 0.05) is 18.1 Å². The molecule has 1 atom stereocenters. The van der Waals surface area contributed by atoms with Crippen LogP contribution in [-0.4, -0.2) is 30.0 Å². The Morgan fingerprint density at radius 3 is 3.06 bits per heavy atom. The maximum absolute atomic E-state index is 13.5. The Hall–Kier alpha value is -1.07. The van der Waals surface area contributed by atoms with E-state index in [2.05, 4.69) is 10.6 Å². The predicted octanol–water partition coefficient (Wildman–Crippen LogP) is 1.78. The molecule has 0 aromatic heterocycles. The van der Waals surface area contributed by atoms with Crippen molar-refractivity contribution in [3.05, 3.63) is 29.6 Å². The van der Waals surface area contributed by atoms with Gasteiger partial charge >= 0.3 is 0 Å². The number of hydrogen-bond acceptors (Lipinski definition) is 3. The smallest absolute Gasteiger partial charge is 0.242 e. The van der Waals surface area contributed by atoms with Gasteiger partial charge in [0.05, 0.1) is 11.7 Å². The van der Waals surface area contributed by atoms with E-state index in [0.29, 0.717) is 0 Å². The third kappa shape index (κ3) is 3.20. The van der Waals surface area contributed by atoms with E-state index < -0.39 is 0 Å². The second-order valence-electron chi connectivity index (χ2n) is 4.05. The first kappa shape index (κ1) is 12.4. The molecule has 2 rings (SSSR count). The third-order valence-electron chi connectivity index (χ3n) is 2.62. The Kier molecular flexibility index (Phi) is 4.02. The molecule has 0 spiro atoms. The number of anilines is 1. The zero-order valence-corrected chi connectivity index (χ0v) is 10.4. The molecule has 1 heterocycles. The highest BCUT2D eigenvalue weighted by atomic mass is 32.2. The maximum atomic E-state index is 13.5. The van der Waals surface area contributed by atoms with E-state index in [9.17, 15) is 9.18 Å². The lowest BCUT2D eigenvalue weighted by Gasteiger charge is -2.22. The molecule has 3 nitrogen and oxygen atoms in total. The molecule has 1 saturated heterocycles. The van der Waals surface area contributed by atoms with Crippen LogP contribution in [0.3, 0.4) is 0 Å². The average molecular weight is 254 g/mol. The fraction of sp³-hybridized carbons (Fsp3) is 0.417. The van der Waals surface area contributed by atoms with Gasteiger partial charge < -0.3 is 10.6 Å². The van der Waals surface area contributed by atoms with Crippen molar-refractivity contribution in [1.29, 1.82) is 0 Å². The van der Waals surface area contributed by atoms with Crippen molar-refractivity contribution in [2.45, 2.75) is 13.0 Å². The topological polar surface area (TPSA) is 41.1 Å². The highest BCUT2D eigenvalue weighted by Crippen LogP contribution is 2.16. The lowest BCUT2D eigenvalue weighted by Crippen LogP contribution is -2.46. The molecule has 0 aliphatic carbocycles. The summed E-state index contributed by atoms with van der Waals surface area (Å²) >= 11 is 1.73. The largest absolute Gasteiger partial charge is 0.322 e. The number of rotatable bonds is 2. The first-order chi connectivity index (χ1) is 8.16. The molecule has 92 valence electrons. The van der Waals surface area contributed by atoms with E-state index in [1.54, 1.807) is 23.9 Å². The molecule has 1 aromatic carbocycles. The van der Waals surface area contributed by atoms with Crippen molar-refractivity contribution in [2.75, 3.05) is 23.4 Å². The number of hydrogen-bond donors (Lipinski definition) is 2. The fourth-order valence-corrected chi connectivity index (χ4v) is 2.61. The molecule has 0 radical (unpaired) electrons. The molecular formula is C12H15FN2OS. The normalized spacial score (nSPS) is 20.0. The highest BCUT2D eigenvalue weighted by molar-refractivity contribution is 7.99. The van der Waals surface area contributed by atoms with E-state index in [0.717, 1.165) is 23.6 Å². The average Bonchev–Trinajstić information content (AvgIpc) is 2.34. The molecule has 2 N–H and O–H groups in total. The minimum atomic E-state index is -0.387. The number of thioether (sulfide) groups is 1. The lowest BCUT2D eigenvalue weighted by molar-refractivity contribution is -0.117. The highest BCUT2D eigenvalue weighted by Gasteiger charge is 2.21. The summed E-state index contributed by atoms with van der Waals surface area (Å²) in [5, 5.41) is 5.73. The van der Waals surface area contributed by atoms with Gasteiger partial charge in [-0.3, -0.25) is 4.79 Å². The Bertz CT molecular complexity index is 419. The van der Waals surface area contributed by atoms with Gasteiger partial charge in [0.2, 0.25) is 5.91 Å². The second-order valence-corrected chi connectivity index (χ2v) is 5.20. The molecular weight excluding hydrogens is 239 g/mol. The van der Waals surface area contributed by atoms with Gasteiger partial charge in [0.25, 0.3) is 0 Å². The van der Waals surface area contributed by atoms with Crippen LogP contribution in [0.5, 0.6) is 0 Å². The van der Waals surface area contributed by atoms with Crippen molar-refractivity contribution in [3.8, 4) is 0 Å². The summed E-state index contributed by atoms with van der Waals surface area (Å²) in [4.78, 5) is 11.9. The number of carbonyl (C=O) groups is 1. The van der Waals surface area contributed by atoms with Gasteiger partial charge in [-0.05, 0) is 24.6 Å². The minimum Gasteiger partial charge on any atom is -0.322 e. The summed E-state index contributed by atoms with van der Waals surface area (Å²) in [6.45, 7) is 2.63.